The summed E-state index contributed by atoms with van der Waals surface area (Å²) in [5.74, 6) is 0.525. The first kappa shape index (κ1) is 8.38. The molecule has 0 radical (unpaired) electrons. The molecule has 0 aliphatic heterocycles. The third kappa shape index (κ3) is 1.33. The molecular formula is C9H7N5. The maximum atomic E-state index is 8.81. The maximum absolute atomic E-state index is 8.81. The van der Waals surface area contributed by atoms with E-state index in [1.165, 1.54) is 0 Å². The van der Waals surface area contributed by atoms with Crippen LogP contribution >= 0.6 is 0 Å². The van der Waals surface area contributed by atoms with Gasteiger partial charge in [-0.25, -0.2) is 9.97 Å². The zero-order chi connectivity index (χ0) is 9.97. The van der Waals surface area contributed by atoms with E-state index in [1.54, 1.807) is 36.4 Å². The standard InChI is InChI=1S/C9H7N5/c1-14-6-7(8(5-10)13-14)9-11-3-2-4-12-9/h2-4,6H,1H3. The highest BCUT2D eigenvalue weighted by molar-refractivity contribution is 5.60. The largest absolute Gasteiger partial charge is 0.274 e. The van der Waals surface area contributed by atoms with Crippen LogP contribution in [0.25, 0.3) is 11.4 Å². The first-order chi connectivity index (χ1) is 6.81. The van der Waals surface area contributed by atoms with E-state index in [4.69, 9.17) is 5.26 Å². The van der Waals surface area contributed by atoms with Crippen molar-refractivity contribution in [2.45, 2.75) is 0 Å². The summed E-state index contributed by atoms with van der Waals surface area (Å²) in [5.41, 5.74) is 1.01. The van der Waals surface area contributed by atoms with Crippen molar-refractivity contribution in [3.63, 3.8) is 0 Å². The highest BCUT2D eigenvalue weighted by Crippen LogP contribution is 2.16. The molecule has 0 bridgehead atoms. The number of nitriles is 1. The lowest BCUT2D eigenvalue weighted by molar-refractivity contribution is 0.763. The van der Waals surface area contributed by atoms with Gasteiger partial charge in [0.15, 0.2) is 11.5 Å². The Labute approximate surface area is 80.7 Å². The summed E-state index contributed by atoms with van der Waals surface area (Å²) < 4.78 is 1.57. The second-order valence-corrected chi connectivity index (χ2v) is 2.75. The molecule has 0 N–H and O–H groups in total. The first-order valence-corrected chi connectivity index (χ1v) is 4.02. The zero-order valence-corrected chi connectivity index (χ0v) is 7.55. The van der Waals surface area contributed by atoms with Crippen LogP contribution in [0.1, 0.15) is 5.69 Å². The predicted molar refractivity (Wildman–Crippen MR) is 48.9 cm³/mol. The van der Waals surface area contributed by atoms with Crippen LogP contribution in [0.3, 0.4) is 0 Å². The van der Waals surface area contributed by atoms with Gasteiger partial charge in [-0.1, -0.05) is 0 Å². The molecule has 2 aromatic heterocycles. The average Bonchev–Trinajstić information content (AvgIpc) is 2.61. The fraction of sp³-hybridized carbons (Fsp3) is 0.111. The molecule has 0 aliphatic rings. The van der Waals surface area contributed by atoms with E-state index in [0.717, 1.165) is 0 Å². The molecule has 0 aliphatic carbocycles. The van der Waals surface area contributed by atoms with Crippen molar-refractivity contribution in [3.05, 3.63) is 30.4 Å². The van der Waals surface area contributed by atoms with Gasteiger partial charge in [0.25, 0.3) is 0 Å². The van der Waals surface area contributed by atoms with Gasteiger partial charge in [0.1, 0.15) is 6.07 Å². The van der Waals surface area contributed by atoms with Crippen LogP contribution in [0.4, 0.5) is 0 Å². The summed E-state index contributed by atoms with van der Waals surface area (Å²) in [5, 5.41) is 12.8. The van der Waals surface area contributed by atoms with E-state index in [0.29, 0.717) is 17.1 Å². The minimum atomic E-state index is 0.346. The lowest BCUT2D eigenvalue weighted by Crippen LogP contribution is -1.87. The molecule has 14 heavy (non-hydrogen) atoms. The van der Waals surface area contributed by atoms with Crippen LogP contribution in [-0.4, -0.2) is 19.7 Å². The van der Waals surface area contributed by atoms with Crippen molar-refractivity contribution in [1.82, 2.24) is 19.7 Å². The fourth-order valence-electron chi connectivity index (χ4n) is 1.17. The maximum Gasteiger partial charge on any atom is 0.173 e. The fourth-order valence-corrected chi connectivity index (χ4v) is 1.17. The topological polar surface area (TPSA) is 67.4 Å². The Morgan fingerprint density at radius 2 is 2.07 bits per heavy atom. The minimum absolute atomic E-state index is 0.346. The SMILES string of the molecule is Cn1cc(-c2ncccn2)c(C#N)n1. The van der Waals surface area contributed by atoms with E-state index in [1.807, 2.05) is 6.07 Å². The number of hydrogen-bond acceptors (Lipinski definition) is 4. The molecule has 5 nitrogen and oxygen atoms in total. The van der Waals surface area contributed by atoms with E-state index in [-0.39, 0.29) is 0 Å². The van der Waals surface area contributed by atoms with Gasteiger partial charge in [-0.2, -0.15) is 10.4 Å². The second kappa shape index (κ2) is 3.26. The highest BCUT2D eigenvalue weighted by Gasteiger charge is 2.10. The minimum Gasteiger partial charge on any atom is -0.274 e. The van der Waals surface area contributed by atoms with Gasteiger partial charge in [-0.05, 0) is 6.07 Å². The molecular weight excluding hydrogens is 178 g/mol. The number of rotatable bonds is 1. The summed E-state index contributed by atoms with van der Waals surface area (Å²) in [6.07, 6.45) is 5.00. The molecule has 0 atom stereocenters. The van der Waals surface area contributed by atoms with Crippen molar-refractivity contribution in [2.24, 2.45) is 7.05 Å². The van der Waals surface area contributed by atoms with Crippen LogP contribution in [0.5, 0.6) is 0 Å². The van der Waals surface area contributed by atoms with Gasteiger partial charge in [0.2, 0.25) is 0 Å². The molecule has 2 heterocycles. The lowest BCUT2D eigenvalue weighted by atomic mass is 10.2. The van der Waals surface area contributed by atoms with Gasteiger partial charge in [-0.15, -0.1) is 0 Å². The van der Waals surface area contributed by atoms with Crippen LogP contribution in [0.2, 0.25) is 0 Å². The molecule has 0 unspecified atom stereocenters. The van der Waals surface area contributed by atoms with Gasteiger partial charge in [0.05, 0.1) is 5.56 Å². The van der Waals surface area contributed by atoms with Gasteiger partial charge < -0.3 is 0 Å². The lowest BCUT2D eigenvalue weighted by Gasteiger charge is -1.92. The van der Waals surface area contributed by atoms with Crippen molar-refractivity contribution in [3.8, 4) is 17.5 Å². The van der Waals surface area contributed by atoms with Crippen LogP contribution < -0.4 is 0 Å². The smallest absolute Gasteiger partial charge is 0.173 e. The Hall–Kier alpha value is -2.22. The molecule has 0 fully saturated rings. The quantitative estimate of drug-likeness (QED) is 0.657. The number of nitrogens with zero attached hydrogens (tertiary/aromatic N) is 5. The number of aromatic nitrogens is 4. The molecule has 2 rings (SSSR count). The van der Waals surface area contributed by atoms with Crippen molar-refractivity contribution >= 4 is 0 Å². The third-order valence-corrected chi connectivity index (χ3v) is 1.74. The van der Waals surface area contributed by atoms with E-state index in [9.17, 15) is 0 Å². The molecule has 68 valence electrons. The van der Waals surface area contributed by atoms with E-state index < -0.39 is 0 Å². The summed E-state index contributed by atoms with van der Waals surface area (Å²) in [6, 6.07) is 3.73. The van der Waals surface area contributed by atoms with E-state index >= 15 is 0 Å². The normalized spacial score (nSPS) is 9.71. The number of aryl methyl sites for hydroxylation is 1. The summed E-state index contributed by atoms with van der Waals surface area (Å²) >= 11 is 0. The Bertz CT molecular complexity index is 480. The zero-order valence-electron chi connectivity index (χ0n) is 7.55. The Morgan fingerprint density at radius 1 is 1.36 bits per heavy atom. The van der Waals surface area contributed by atoms with Gasteiger partial charge >= 0.3 is 0 Å². The van der Waals surface area contributed by atoms with Gasteiger partial charge in [-0.3, -0.25) is 4.68 Å². The summed E-state index contributed by atoms with van der Waals surface area (Å²) in [7, 11) is 1.76. The monoisotopic (exact) mass is 185 g/mol. The average molecular weight is 185 g/mol. The molecule has 0 aromatic carbocycles. The summed E-state index contributed by atoms with van der Waals surface area (Å²) in [6.45, 7) is 0. The van der Waals surface area contributed by atoms with Crippen molar-refractivity contribution < 1.29 is 0 Å². The second-order valence-electron chi connectivity index (χ2n) is 2.75. The molecule has 2 aromatic rings. The molecule has 0 spiro atoms. The highest BCUT2D eigenvalue weighted by atomic mass is 15.3. The molecule has 0 amide bonds. The van der Waals surface area contributed by atoms with Crippen LogP contribution in [-0.2, 0) is 7.05 Å². The van der Waals surface area contributed by atoms with E-state index in [2.05, 4.69) is 15.1 Å². The first-order valence-electron chi connectivity index (χ1n) is 4.02. The Balaban J connectivity index is 2.58. The predicted octanol–water partition coefficient (Wildman–Crippen LogP) is 0.749. The summed E-state index contributed by atoms with van der Waals surface area (Å²) in [4.78, 5) is 8.11. The van der Waals surface area contributed by atoms with Crippen LogP contribution in [0, 0.1) is 11.3 Å². The molecule has 5 heteroatoms. The van der Waals surface area contributed by atoms with Crippen molar-refractivity contribution in [2.75, 3.05) is 0 Å². The van der Waals surface area contributed by atoms with Gasteiger partial charge in [0, 0.05) is 25.6 Å². The molecule has 0 saturated carbocycles. The molecule has 0 saturated heterocycles. The Morgan fingerprint density at radius 3 is 2.71 bits per heavy atom. The third-order valence-electron chi connectivity index (χ3n) is 1.74. The van der Waals surface area contributed by atoms with Crippen molar-refractivity contribution in [1.29, 1.82) is 5.26 Å². The Kier molecular flexibility index (Phi) is 1.95. The van der Waals surface area contributed by atoms with Crippen LogP contribution in [0.15, 0.2) is 24.7 Å². The number of hydrogen-bond donors (Lipinski definition) is 0.